The number of hydrogen-bond acceptors (Lipinski definition) is 3. The molecule has 1 amide bonds. The first-order valence-electron chi connectivity index (χ1n) is 8.99. The minimum Gasteiger partial charge on any atom is -0.336 e. The number of halogens is 1. The van der Waals surface area contributed by atoms with Crippen molar-refractivity contribution in [2.45, 2.75) is 18.9 Å². The van der Waals surface area contributed by atoms with Gasteiger partial charge in [-0.3, -0.25) is 9.69 Å². The highest BCUT2D eigenvalue weighted by molar-refractivity contribution is 6.32. The highest BCUT2D eigenvalue weighted by Gasteiger charge is 2.32. The molecule has 0 aliphatic carbocycles. The smallest absolute Gasteiger partial charge is 0.253 e. The van der Waals surface area contributed by atoms with Gasteiger partial charge in [0.2, 0.25) is 0 Å². The summed E-state index contributed by atoms with van der Waals surface area (Å²) in [7, 11) is 0. The predicted molar refractivity (Wildman–Crippen MR) is 102 cm³/mol. The highest BCUT2D eigenvalue weighted by Crippen LogP contribution is 2.27. The van der Waals surface area contributed by atoms with Crippen LogP contribution in [-0.4, -0.2) is 47.9 Å². The maximum absolute atomic E-state index is 13.0. The van der Waals surface area contributed by atoms with E-state index in [0.717, 1.165) is 30.8 Å². The van der Waals surface area contributed by atoms with Gasteiger partial charge in [0.25, 0.3) is 5.91 Å². The van der Waals surface area contributed by atoms with Gasteiger partial charge in [-0.25, -0.2) is 0 Å². The van der Waals surface area contributed by atoms with Crippen molar-refractivity contribution in [3.8, 4) is 17.2 Å². The number of nitrogens with zero attached hydrogens (tertiary/aromatic N) is 3. The van der Waals surface area contributed by atoms with Gasteiger partial charge < -0.3 is 4.90 Å². The Morgan fingerprint density at radius 2 is 1.96 bits per heavy atom. The SMILES string of the molecule is N#Cc1ccc(-c2cccc(C(=O)N3CCN4CCCC4C3)c2)cc1Cl. The minimum absolute atomic E-state index is 0.0955. The predicted octanol–water partition coefficient (Wildman–Crippen LogP) is 3.80. The summed E-state index contributed by atoms with van der Waals surface area (Å²) in [5.41, 5.74) is 3.00. The zero-order valence-corrected chi connectivity index (χ0v) is 15.2. The molecular weight excluding hydrogens is 346 g/mol. The van der Waals surface area contributed by atoms with Crippen molar-refractivity contribution in [1.29, 1.82) is 5.26 Å². The molecule has 2 aliphatic rings. The van der Waals surface area contributed by atoms with Crippen molar-refractivity contribution in [2.75, 3.05) is 26.2 Å². The molecule has 2 fully saturated rings. The fourth-order valence-electron chi connectivity index (χ4n) is 3.98. The van der Waals surface area contributed by atoms with Crippen LogP contribution in [0.1, 0.15) is 28.8 Å². The first-order valence-corrected chi connectivity index (χ1v) is 9.37. The molecule has 26 heavy (non-hydrogen) atoms. The van der Waals surface area contributed by atoms with Crippen molar-refractivity contribution < 1.29 is 4.79 Å². The van der Waals surface area contributed by atoms with Gasteiger partial charge in [0.05, 0.1) is 10.6 Å². The van der Waals surface area contributed by atoms with Gasteiger partial charge in [-0.1, -0.05) is 29.8 Å². The lowest BCUT2D eigenvalue weighted by atomic mass is 10.0. The standard InChI is InChI=1S/C21H20ClN3O/c22-20-12-16(6-7-18(20)13-23)15-3-1-4-17(11-15)21(26)25-10-9-24-8-2-5-19(24)14-25/h1,3-4,6-7,11-12,19H,2,5,8-10,14H2. The van der Waals surface area contributed by atoms with Gasteiger partial charge >= 0.3 is 0 Å². The third kappa shape index (κ3) is 3.21. The van der Waals surface area contributed by atoms with Crippen molar-refractivity contribution in [2.24, 2.45) is 0 Å². The number of hydrogen-bond donors (Lipinski definition) is 0. The summed E-state index contributed by atoms with van der Waals surface area (Å²) in [5.74, 6) is 0.0955. The number of piperazine rings is 1. The second-order valence-corrected chi connectivity index (χ2v) is 7.38. The maximum atomic E-state index is 13.0. The largest absolute Gasteiger partial charge is 0.336 e. The van der Waals surface area contributed by atoms with Crippen molar-refractivity contribution in [1.82, 2.24) is 9.80 Å². The van der Waals surface area contributed by atoms with Crippen LogP contribution in [0.4, 0.5) is 0 Å². The Morgan fingerprint density at radius 3 is 2.77 bits per heavy atom. The lowest BCUT2D eigenvalue weighted by Gasteiger charge is -2.37. The van der Waals surface area contributed by atoms with E-state index in [1.807, 2.05) is 35.2 Å². The lowest BCUT2D eigenvalue weighted by molar-refractivity contribution is 0.0571. The number of carbonyl (C=O) groups excluding carboxylic acids is 1. The van der Waals surface area contributed by atoms with Crippen LogP contribution in [0.3, 0.4) is 0 Å². The van der Waals surface area contributed by atoms with Crippen molar-refractivity contribution in [3.63, 3.8) is 0 Å². The van der Waals surface area contributed by atoms with E-state index in [1.165, 1.54) is 19.4 Å². The molecule has 2 aromatic rings. The zero-order valence-electron chi connectivity index (χ0n) is 14.5. The molecule has 0 N–H and O–H groups in total. The molecule has 0 bridgehead atoms. The van der Waals surface area contributed by atoms with E-state index in [-0.39, 0.29) is 5.91 Å². The highest BCUT2D eigenvalue weighted by atomic mass is 35.5. The first kappa shape index (κ1) is 17.1. The second kappa shape index (κ2) is 7.11. The normalized spacial score (nSPS) is 19.8. The summed E-state index contributed by atoms with van der Waals surface area (Å²) >= 11 is 6.15. The Bertz CT molecular complexity index is 889. The Hall–Kier alpha value is -2.35. The van der Waals surface area contributed by atoms with E-state index in [2.05, 4.69) is 11.0 Å². The molecule has 4 nitrogen and oxygen atoms in total. The molecule has 0 aromatic heterocycles. The van der Waals surface area contributed by atoms with Gasteiger partial charge in [0, 0.05) is 31.2 Å². The molecule has 0 saturated carbocycles. The summed E-state index contributed by atoms with van der Waals surface area (Å²) in [4.78, 5) is 17.5. The van der Waals surface area contributed by atoms with Crippen LogP contribution in [0.15, 0.2) is 42.5 Å². The van der Waals surface area contributed by atoms with Crippen LogP contribution in [-0.2, 0) is 0 Å². The molecule has 2 aliphatic heterocycles. The van der Waals surface area contributed by atoms with Crippen LogP contribution in [0.2, 0.25) is 5.02 Å². The van der Waals surface area contributed by atoms with Crippen LogP contribution >= 0.6 is 11.6 Å². The van der Waals surface area contributed by atoms with Gasteiger partial charge in [0.1, 0.15) is 6.07 Å². The Balaban J connectivity index is 1.56. The fourth-order valence-corrected chi connectivity index (χ4v) is 4.20. The quantitative estimate of drug-likeness (QED) is 0.813. The van der Waals surface area contributed by atoms with E-state index < -0.39 is 0 Å². The van der Waals surface area contributed by atoms with E-state index in [1.54, 1.807) is 12.1 Å². The van der Waals surface area contributed by atoms with Crippen LogP contribution in [0.25, 0.3) is 11.1 Å². The molecule has 0 radical (unpaired) electrons. The van der Waals surface area contributed by atoms with Gasteiger partial charge in [0.15, 0.2) is 0 Å². The third-order valence-electron chi connectivity index (χ3n) is 5.41. The molecule has 132 valence electrons. The van der Waals surface area contributed by atoms with Crippen LogP contribution in [0.5, 0.6) is 0 Å². The molecule has 2 heterocycles. The summed E-state index contributed by atoms with van der Waals surface area (Å²) < 4.78 is 0. The number of carbonyl (C=O) groups is 1. The number of fused-ring (bicyclic) bond motifs is 1. The summed E-state index contributed by atoms with van der Waals surface area (Å²) in [5, 5.41) is 9.45. The molecule has 2 saturated heterocycles. The molecule has 2 aromatic carbocycles. The van der Waals surface area contributed by atoms with Crippen molar-refractivity contribution in [3.05, 3.63) is 58.6 Å². The summed E-state index contributed by atoms with van der Waals surface area (Å²) in [6.07, 6.45) is 2.43. The number of nitriles is 1. The maximum Gasteiger partial charge on any atom is 0.253 e. The Kier molecular flexibility index (Phi) is 4.67. The summed E-state index contributed by atoms with van der Waals surface area (Å²) in [6.45, 7) is 3.76. The molecule has 5 heteroatoms. The number of amides is 1. The monoisotopic (exact) mass is 365 g/mol. The van der Waals surface area contributed by atoms with E-state index in [0.29, 0.717) is 22.2 Å². The third-order valence-corrected chi connectivity index (χ3v) is 5.72. The molecular formula is C21H20ClN3O. The number of rotatable bonds is 2. The van der Waals surface area contributed by atoms with Gasteiger partial charge in [-0.05, 0) is 54.8 Å². The van der Waals surface area contributed by atoms with Gasteiger partial charge in [-0.2, -0.15) is 5.26 Å². The number of benzene rings is 2. The van der Waals surface area contributed by atoms with E-state index in [4.69, 9.17) is 16.9 Å². The average molecular weight is 366 g/mol. The first-order chi connectivity index (χ1) is 12.7. The minimum atomic E-state index is 0.0955. The molecule has 1 unspecified atom stereocenters. The molecule has 4 rings (SSSR count). The second-order valence-electron chi connectivity index (χ2n) is 6.97. The van der Waals surface area contributed by atoms with E-state index >= 15 is 0 Å². The molecule has 1 atom stereocenters. The van der Waals surface area contributed by atoms with Crippen molar-refractivity contribution >= 4 is 17.5 Å². The zero-order chi connectivity index (χ0) is 18.1. The topological polar surface area (TPSA) is 47.3 Å². The average Bonchev–Trinajstić information content (AvgIpc) is 3.15. The Morgan fingerprint density at radius 1 is 1.12 bits per heavy atom. The fraction of sp³-hybridized carbons (Fsp3) is 0.333. The van der Waals surface area contributed by atoms with E-state index in [9.17, 15) is 4.79 Å². The van der Waals surface area contributed by atoms with Crippen LogP contribution < -0.4 is 0 Å². The molecule has 0 spiro atoms. The Labute approximate surface area is 158 Å². The van der Waals surface area contributed by atoms with Crippen LogP contribution in [0, 0.1) is 11.3 Å². The lowest BCUT2D eigenvalue weighted by Crippen LogP contribution is -2.52. The van der Waals surface area contributed by atoms with Gasteiger partial charge in [-0.15, -0.1) is 0 Å². The summed E-state index contributed by atoms with van der Waals surface area (Å²) in [6, 6.07) is 15.6.